The lowest BCUT2D eigenvalue weighted by Crippen LogP contribution is -2.50. The van der Waals surface area contributed by atoms with Crippen LogP contribution >= 0.6 is 14.5 Å². The van der Waals surface area contributed by atoms with Gasteiger partial charge in [-0.3, -0.25) is 19.3 Å². The van der Waals surface area contributed by atoms with Gasteiger partial charge in [0.2, 0.25) is 0 Å². The molecular weight excluding hydrogens is 1070 g/mol. The van der Waals surface area contributed by atoms with Crippen molar-refractivity contribution in [1.82, 2.24) is 9.80 Å². The average molecular weight is 1140 g/mol. The van der Waals surface area contributed by atoms with Crippen molar-refractivity contribution in [1.29, 1.82) is 0 Å². The number of benzene rings is 8. The topological polar surface area (TPSA) is 133 Å². The number of unbranched alkanes of at least 4 members (excludes halogenated alkanes) is 6. The van der Waals surface area contributed by atoms with Gasteiger partial charge in [-0.25, -0.2) is 0 Å². The van der Waals surface area contributed by atoms with Crippen molar-refractivity contribution in [3.63, 3.8) is 0 Å². The standard InChI is InChI=1S/C68H72N2O10P2/c1-9-11-13-15-41-69-65(71)57-43-60(82(54-35-23-48(78-6)24-36-54,55-37-25-49(79-7)26-38-55)56-39-27-50(80-8)28-40-56)64-62-58(66(72)70(68(64)74)42-16-14-12-10-2)44-59(63(61(57)62)67(69)73)81(51-29-17-45(75-3)18-30-51,52-31-19-46(76-4)20-32-52)53-33-21-47(77-5)22-34-53/h17-40,43-44,65,71H,9-16,41-42H2,1-8H3/q+2. The molecule has 8 aromatic rings. The first-order valence-electron chi connectivity index (χ1n) is 28.2. The fourth-order valence-corrected chi connectivity index (χ4v) is 20.9. The third-order valence-corrected chi connectivity index (χ3v) is 24.9. The molecule has 2 aliphatic rings. The average Bonchev–Trinajstić information content (AvgIpc) is 3.09. The van der Waals surface area contributed by atoms with Crippen LogP contribution in [0.3, 0.4) is 0 Å². The van der Waals surface area contributed by atoms with E-state index in [0.29, 0.717) is 85.4 Å². The molecule has 82 heavy (non-hydrogen) atoms. The summed E-state index contributed by atoms with van der Waals surface area (Å²) in [5.74, 6) is 2.55. The molecule has 0 bridgehead atoms. The molecule has 2 aliphatic heterocycles. The van der Waals surface area contributed by atoms with Gasteiger partial charge in [0.15, 0.2) is 6.23 Å². The summed E-state index contributed by atoms with van der Waals surface area (Å²) in [5, 5.41) is 20.7. The predicted octanol–water partition coefficient (Wildman–Crippen LogP) is 10.3. The Labute approximate surface area is 482 Å². The van der Waals surface area contributed by atoms with Crippen LogP contribution in [-0.4, -0.2) is 88.4 Å². The van der Waals surface area contributed by atoms with Crippen molar-refractivity contribution < 1.29 is 47.9 Å². The molecule has 0 fully saturated rings. The van der Waals surface area contributed by atoms with Gasteiger partial charge in [0, 0.05) is 29.4 Å². The zero-order valence-electron chi connectivity index (χ0n) is 48.1. The maximum atomic E-state index is 16.5. The minimum absolute atomic E-state index is 0.165. The summed E-state index contributed by atoms with van der Waals surface area (Å²) in [4.78, 5) is 52.3. The van der Waals surface area contributed by atoms with E-state index in [9.17, 15) is 5.11 Å². The zero-order valence-corrected chi connectivity index (χ0v) is 49.9. The van der Waals surface area contributed by atoms with E-state index in [-0.39, 0.29) is 24.6 Å². The van der Waals surface area contributed by atoms with Crippen LogP contribution in [-0.2, 0) is 0 Å². The van der Waals surface area contributed by atoms with E-state index < -0.39 is 32.6 Å². The smallest absolute Gasteiger partial charge is 0.265 e. The van der Waals surface area contributed by atoms with Crippen molar-refractivity contribution in [3.8, 4) is 34.5 Å². The second-order valence-corrected chi connectivity index (χ2v) is 27.5. The number of nitrogens with zero attached hydrogens (tertiary/aromatic N) is 2. The third-order valence-electron chi connectivity index (χ3n) is 16.3. The molecule has 14 heteroatoms. The van der Waals surface area contributed by atoms with E-state index in [1.807, 2.05) is 121 Å². The van der Waals surface area contributed by atoms with Gasteiger partial charge in [0.05, 0.1) is 59.3 Å². The molecule has 0 aliphatic carbocycles. The lowest BCUT2D eigenvalue weighted by molar-refractivity contribution is 0.00428. The maximum absolute atomic E-state index is 16.5. The van der Waals surface area contributed by atoms with Crippen molar-refractivity contribution in [3.05, 3.63) is 180 Å². The van der Waals surface area contributed by atoms with Crippen LogP contribution < -0.4 is 70.9 Å². The third kappa shape index (κ3) is 9.92. The number of carbonyl (C=O) groups is 3. The Bertz CT molecular complexity index is 3360. The van der Waals surface area contributed by atoms with E-state index in [1.165, 1.54) is 4.90 Å². The number of aliphatic hydroxyl groups is 1. The van der Waals surface area contributed by atoms with E-state index in [1.54, 1.807) is 47.6 Å². The lowest BCUT2D eigenvalue weighted by atomic mass is 9.85. The van der Waals surface area contributed by atoms with Crippen molar-refractivity contribution in [2.45, 2.75) is 71.4 Å². The number of hydrogen-bond donors (Lipinski definition) is 1. The molecule has 1 unspecified atom stereocenters. The van der Waals surface area contributed by atoms with Gasteiger partial charge in [-0.1, -0.05) is 52.4 Å². The number of aliphatic hydroxyl groups excluding tert-OH is 1. The Balaban J connectivity index is 1.45. The minimum Gasteiger partial charge on any atom is -0.497 e. The molecule has 0 radical (unpaired) electrons. The van der Waals surface area contributed by atoms with Gasteiger partial charge in [0.1, 0.15) is 91.5 Å². The van der Waals surface area contributed by atoms with E-state index >= 15 is 14.4 Å². The van der Waals surface area contributed by atoms with Crippen LogP contribution in [0.25, 0.3) is 10.8 Å². The Hall–Kier alpha value is -7.75. The fourth-order valence-electron chi connectivity index (χ4n) is 12.2. The molecule has 422 valence electrons. The highest BCUT2D eigenvalue weighted by Crippen LogP contribution is 2.61. The summed E-state index contributed by atoms with van der Waals surface area (Å²) in [7, 11) is 3.04. The largest absolute Gasteiger partial charge is 0.497 e. The molecule has 1 N–H and O–H groups in total. The van der Waals surface area contributed by atoms with Crippen molar-refractivity contribution >= 4 is 85.5 Å². The highest BCUT2D eigenvalue weighted by molar-refractivity contribution is 8.02. The van der Waals surface area contributed by atoms with Crippen LogP contribution in [0.15, 0.2) is 158 Å². The first-order chi connectivity index (χ1) is 40.0. The normalized spacial score (nSPS) is 14.1. The Morgan fingerprint density at radius 1 is 0.390 bits per heavy atom. The molecular formula is C68H72N2O10P2+2. The first kappa shape index (κ1) is 57.5. The molecule has 2 heterocycles. The molecule has 8 aromatic carbocycles. The van der Waals surface area contributed by atoms with Gasteiger partial charge in [0.25, 0.3) is 17.7 Å². The molecule has 3 amide bonds. The highest BCUT2D eigenvalue weighted by atomic mass is 31.2. The molecule has 1 atom stereocenters. The van der Waals surface area contributed by atoms with Crippen molar-refractivity contribution in [2.75, 3.05) is 55.7 Å². The number of amides is 3. The number of imide groups is 1. The van der Waals surface area contributed by atoms with Gasteiger partial charge >= 0.3 is 0 Å². The second-order valence-electron chi connectivity index (χ2n) is 20.7. The summed E-state index contributed by atoms with van der Waals surface area (Å²) in [6.45, 7) is 4.69. The summed E-state index contributed by atoms with van der Waals surface area (Å²) >= 11 is 0. The van der Waals surface area contributed by atoms with E-state index in [4.69, 9.17) is 28.4 Å². The van der Waals surface area contributed by atoms with Gasteiger partial charge in [-0.05, 0) is 171 Å². The van der Waals surface area contributed by atoms with Crippen LogP contribution in [0, 0.1) is 0 Å². The molecule has 0 aromatic heterocycles. The van der Waals surface area contributed by atoms with Gasteiger partial charge < -0.3 is 38.4 Å². The van der Waals surface area contributed by atoms with Crippen molar-refractivity contribution in [2.24, 2.45) is 0 Å². The molecule has 0 spiro atoms. The zero-order chi connectivity index (χ0) is 57.7. The van der Waals surface area contributed by atoms with Gasteiger partial charge in [-0.15, -0.1) is 0 Å². The van der Waals surface area contributed by atoms with Gasteiger partial charge in [-0.2, -0.15) is 0 Å². The first-order valence-corrected chi connectivity index (χ1v) is 31.8. The van der Waals surface area contributed by atoms with E-state index in [0.717, 1.165) is 70.4 Å². The van der Waals surface area contributed by atoms with E-state index in [2.05, 4.69) is 50.2 Å². The van der Waals surface area contributed by atoms with Crippen LogP contribution in [0.2, 0.25) is 0 Å². The number of hydrogen-bond acceptors (Lipinski definition) is 10. The fraction of sp³-hybridized carbons (Fsp3) is 0.279. The Morgan fingerprint density at radius 2 is 0.707 bits per heavy atom. The maximum Gasteiger partial charge on any atom is 0.265 e. The highest BCUT2D eigenvalue weighted by Gasteiger charge is 2.58. The Morgan fingerprint density at radius 3 is 1.04 bits per heavy atom. The summed E-state index contributed by atoms with van der Waals surface area (Å²) in [6, 6.07) is 51.7. The molecule has 12 nitrogen and oxygen atoms in total. The molecule has 10 rings (SSSR count). The quantitative estimate of drug-likeness (QED) is 0.0354. The molecule has 0 saturated heterocycles. The number of carbonyl (C=O) groups excluding carboxylic acids is 3. The predicted molar refractivity (Wildman–Crippen MR) is 332 cm³/mol. The van der Waals surface area contributed by atoms with Crippen LogP contribution in [0.5, 0.6) is 34.5 Å². The SMILES string of the molecule is CCCCCCN1C(=O)c2cc([P+](c3ccc(OC)cc3)(c3ccc(OC)cc3)c3ccc(OC)cc3)c3c4c(cc([P+](c5ccc(OC)cc5)(c5ccc(OC)cc5)c5ccc(OC)cc5)c(c24)C1=O)C(O)N(CCCCCC)C3=O. The number of ether oxygens (including phenoxy) is 6. The summed E-state index contributed by atoms with van der Waals surface area (Å²) < 4.78 is 34.7. The number of methoxy groups -OCH3 is 6. The van der Waals surface area contributed by atoms with Crippen LogP contribution in [0.4, 0.5) is 0 Å². The summed E-state index contributed by atoms with van der Waals surface area (Å²) in [6.07, 6.45) is 5.20. The lowest BCUT2D eigenvalue weighted by Gasteiger charge is -2.40. The minimum atomic E-state index is -3.38. The summed E-state index contributed by atoms with van der Waals surface area (Å²) in [5.41, 5.74) is 1.34. The monoisotopic (exact) mass is 1140 g/mol. The number of rotatable bonds is 24. The molecule has 0 saturated carbocycles. The van der Waals surface area contributed by atoms with Crippen LogP contribution in [0.1, 0.15) is 108 Å². The Kier molecular flexibility index (Phi) is 17.4. The second kappa shape index (κ2) is 24.8.